The van der Waals surface area contributed by atoms with E-state index in [1.165, 1.54) is 24.2 Å². The van der Waals surface area contributed by atoms with E-state index in [9.17, 15) is 30.0 Å². The standard InChI is InChI=1S/C16H25N7O7/c1-6(25)8(17)13(28)21-15(29)22-16(2)11-12(18-4-20-16)23(5-19-11)14-10(27)9(26)7(3-24)30-14/h4-10,14,24-27H,3,17H2,1-2H3,(H,18,20)(H2,21,22,28,29)/t6?,7-,8?,9-,10-,14-,16?/m1/s1. The van der Waals surface area contributed by atoms with E-state index in [4.69, 9.17) is 10.5 Å². The van der Waals surface area contributed by atoms with Gasteiger partial charge in [-0.3, -0.25) is 14.7 Å². The number of hydrogen-bond donors (Lipinski definition) is 8. The summed E-state index contributed by atoms with van der Waals surface area (Å²) < 4.78 is 6.86. The number of aliphatic imine (C=N–C) groups is 1. The van der Waals surface area contributed by atoms with Crippen molar-refractivity contribution >= 4 is 24.1 Å². The lowest BCUT2D eigenvalue weighted by Crippen LogP contribution is -2.60. The molecule has 0 bridgehead atoms. The zero-order valence-corrected chi connectivity index (χ0v) is 16.3. The number of carbonyl (C=O) groups is 2. The number of imidazole rings is 1. The maximum absolute atomic E-state index is 12.3. The normalized spacial score (nSPS) is 32.1. The molecule has 14 heteroatoms. The SMILES string of the molecule is CC(O)C(N)C(=O)NC(=O)NC1(C)NC=Nc2c1ncn2[C@@H]1O[C@H](CO)[C@@H](O)[C@H]1O. The van der Waals surface area contributed by atoms with E-state index < -0.39 is 60.9 Å². The molecule has 1 aromatic heterocycles. The number of aromatic nitrogens is 2. The minimum atomic E-state index is -1.34. The number of carbonyl (C=O) groups excluding carboxylic acids is 2. The number of nitrogens with zero attached hydrogens (tertiary/aromatic N) is 3. The van der Waals surface area contributed by atoms with Crippen LogP contribution < -0.4 is 21.7 Å². The largest absolute Gasteiger partial charge is 0.394 e. The van der Waals surface area contributed by atoms with Crippen molar-refractivity contribution < 1.29 is 34.8 Å². The van der Waals surface area contributed by atoms with Gasteiger partial charge in [0, 0.05) is 0 Å². The zero-order valence-electron chi connectivity index (χ0n) is 16.3. The Morgan fingerprint density at radius 2 is 2.13 bits per heavy atom. The fourth-order valence-electron chi connectivity index (χ4n) is 3.19. The van der Waals surface area contributed by atoms with E-state index in [1.807, 2.05) is 5.32 Å². The molecule has 2 aliphatic rings. The molecule has 0 radical (unpaired) electrons. The highest BCUT2D eigenvalue weighted by Crippen LogP contribution is 2.37. The second-order valence-electron chi connectivity index (χ2n) is 7.29. The Labute approximate surface area is 170 Å². The number of urea groups is 1. The van der Waals surface area contributed by atoms with Gasteiger partial charge in [-0.1, -0.05) is 0 Å². The molecule has 7 atom stereocenters. The van der Waals surface area contributed by atoms with Crippen LogP contribution in [0.4, 0.5) is 10.6 Å². The molecule has 2 aliphatic heterocycles. The summed E-state index contributed by atoms with van der Waals surface area (Å²) in [4.78, 5) is 32.5. The van der Waals surface area contributed by atoms with Gasteiger partial charge in [0.15, 0.2) is 17.7 Å². The highest BCUT2D eigenvalue weighted by Gasteiger charge is 2.46. The van der Waals surface area contributed by atoms with Crippen molar-refractivity contribution in [2.24, 2.45) is 10.7 Å². The highest BCUT2D eigenvalue weighted by atomic mass is 16.6. The molecule has 3 amide bonds. The fraction of sp³-hybridized carbons (Fsp3) is 0.625. The second kappa shape index (κ2) is 8.25. The lowest BCUT2D eigenvalue weighted by molar-refractivity contribution is -0.123. The number of fused-ring (bicyclic) bond motifs is 1. The number of ether oxygens (including phenoxy) is 1. The smallest absolute Gasteiger partial charge is 0.323 e. The summed E-state index contributed by atoms with van der Waals surface area (Å²) in [6.45, 7) is 2.39. The molecule has 0 aromatic carbocycles. The maximum Gasteiger partial charge on any atom is 0.323 e. The van der Waals surface area contributed by atoms with Gasteiger partial charge in [0.25, 0.3) is 0 Å². The van der Waals surface area contributed by atoms with Crippen molar-refractivity contribution in [3.8, 4) is 0 Å². The lowest BCUT2D eigenvalue weighted by atomic mass is 10.1. The zero-order chi connectivity index (χ0) is 22.2. The van der Waals surface area contributed by atoms with E-state index >= 15 is 0 Å². The summed E-state index contributed by atoms with van der Waals surface area (Å²) in [6, 6.07) is -2.18. The lowest BCUT2D eigenvalue weighted by Gasteiger charge is -2.32. The first kappa shape index (κ1) is 22.1. The van der Waals surface area contributed by atoms with Crippen LogP contribution in [-0.4, -0.2) is 85.3 Å². The Morgan fingerprint density at radius 1 is 1.43 bits per heavy atom. The summed E-state index contributed by atoms with van der Waals surface area (Å²) in [7, 11) is 0. The maximum atomic E-state index is 12.3. The number of aliphatic hydroxyl groups is 4. The van der Waals surface area contributed by atoms with Gasteiger partial charge < -0.3 is 41.5 Å². The van der Waals surface area contributed by atoms with E-state index in [-0.39, 0.29) is 11.5 Å². The van der Waals surface area contributed by atoms with Crippen molar-refractivity contribution in [3.05, 3.63) is 12.0 Å². The molecule has 9 N–H and O–H groups in total. The second-order valence-corrected chi connectivity index (χ2v) is 7.29. The van der Waals surface area contributed by atoms with Crippen molar-refractivity contribution in [3.63, 3.8) is 0 Å². The Bertz CT molecular complexity index is 844. The average molecular weight is 427 g/mol. The Hall–Kier alpha value is -2.62. The van der Waals surface area contributed by atoms with Gasteiger partial charge in [-0.05, 0) is 13.8 Å². The van der Waals surface area contributed by atoms with Crippen LogP contribution in [0.15, 0.2) is 11.3 Å². The van der Waals surface area contributed by atoms with Gasteiger partial charge in [0.05, 0.1) is 25.4 Å². The van der Waals surface area contributed by atoms with E-state index in [1.54, 1.807) is 6.92 Å². The molecule has 166 valence electrons. The molecule has 3 heterocycles. The number of nitrogens with two attached hydrogens (primary N) is 1. The molecule has 1 aromatic rings. The fourth-order valence-corrected chi connectivity index (χ4v) is 3.19. The minimum absolute atomic E-state index is 0.221. The molecule has 14 nitrogen and oxygen atoms in total. The summed E-state index contributed by atoms with van der Waals surface area (Å²) in [5, 5.41) is 46.3. The first-order valence-corrected chi connectivity index (χ1v) is 9.15. The van der Waals surface area contributed by atoms with Crippen LogP contribution in [0.1, 0.15) is 25.8 Å². The van der Waals surface area contributed by atoms with Crippen LogP contribution in [0.2, 0.25) is 0 Å². The van der Waals surface area contributed by atoms with Crippen LogP contribution >= 0.6 is 0 Å². The number of hydrogen-bond acceptors (Lipinski definition) is 11. The Morgan fingerprint density at radius 3 is 2.73 bits per heavy atom. The van der Waals surface area contributed by atoms with Crippen LogP contribution in [0.25, 0.3) is 0 Å². The molecule has 3 unspecified atom stereocenters. The van der Waals surface area contributed by atoms with Crippen molar-refractivity contribution in [2.45, 2.75) is 56.2 Å². The van der Waals surface area contributed by atoms with Gasteiger partial charge in [0.2, 0.25) is 5.91 Å². The number of imide groups is 1. The van der Waals surface area contributed by atoms with Gasteiger partial charge >= 0.3 is 6.03 Å². The number of nitrogens with one attached hydrogen (secondary N) is 3. The molecule has 0 spiro atoms. The molecule has 1 saturated heterocycles. The van der Waals surface area contributed by atoms with E-state index in [0.29, 0.717) is 0 Å². The molecule has 3 rings (SSSR count). The van der Waals surface area contributed by atoms with Gasteiger partial charge in [-0.15, -0.1) is 0 Å². The minimum Gasteiger partial charge on any atom is -0.394 e. The topological polar surface area (TPSA) is 217 Å². The number of rotatable bonds is 5. The van der Waals surface area contributed by atoms with E-state index in [0.717, 1.165) is 0 Å². The molecule has 0 aliphatic carbocycles. The van der Waals surface area contributed by atoms with Crippen LogP contribution in [-0.2, 0) is 15.2 Å². The first-order chi connectivity index (χ1) is 14.1. The van der Waals surface area contributed by atoms with Crippen LogP contribution in [0, 0.1) is 0 Å². The first-order valence-electron chi connectivity index (χ1n) is 9.15. The molecule has 0 saturated carbocycles. The van der Waals surface area contributed by atoms with Crippen LogP contribution in [0.5, 0.6) is 0 Å². The van der Waals surface area contributed by atoms with Crippen molar-refractivity contribution in [1.29, 1.82) is 0 Å². The van der Waals surface area contributed by atoms with Crippen molar-refractivity contribution in [1.82, 2.24) is 25.5 Å². The number of amides is 3. The predicted octanol–water partition coefficient (Wildman–Crippen LogP) is -3.54. The number of aliphatic hydroxyl groups excluding tert-OH is 4. The molecular weight excluding hydrogens is 402 g/mol. The van der Waals surface area contributed by atoms with Crippen LogP contribution in [0.3, 0.4) is 0 Å². The third-order valence-electron chi connectivity index (χ3n) is 5.00. The quantitative estimate of drug-likeness (QED) is 0.231. The molecule has 30 heavy (non-hydrogen) atoms. The third kappa shape index (κ3) is 3.88. The third-order valence-corrected chi connectivity index (χ3v) is 5.00. The summed E-state index contributed by atoms with van der Waals surface area (Å²) >= 11 is 0. The molecule has 1 fully saturated rings. The van der Waals surface area contributed by atoms with Gasteiger partial charge in [0.1, 0.15) is 30.0 Å². The Balaban J connectivity index is 1.79. The highest BCUT2D eigenvalue weighted by molar-refractivity contribution is 5.97. The molecular formula is C16H25N7O7. The summed E-state index contributed by atoms with van der Waals surface area (Å²) in [5.41, 5.74) is 4.44. The average Bonchev–Trinajstić information content (AvgIpc) is 3.23. The van der Waals surface area contributed by atoms with Crippen molar-refractivity contribution in [2.75, 3.05) is 6.61 Å². The summed E-state index contributed by atoms with van der Waals surface area (Å²) in [5.74, 6) is -0.647. The monoisotopic (exact) mass is 427 g/mol. The van der Waals surface area contributed by atoms with E-state index in [2.05, 4.69) is 20.6 Å². The predicted molar refractivity (Wildman–Crippen MR) is 100 cm³/mol. The summed E-state index contributed by atoms with van der Waals surface area (Å²) in [6.07, 6.45) is -3.24. The van der Waals surface area contributed by atoms with Gasteiger partial charge in [-0.2, -0.15) is 0 Å². The van der Waals surface area contributed by atoms with Gasteiger partial charge in [-0.25, -0.2) is 14.8 Å². The Kier molecular flexibility index (Phi) is 6.07.